The summed E-state index contributed by atoms with van der Waals surface area (Å²) in [5.74, 6) is -1.64. The molecule has 8 nitrogen and oxygen atoms in total. The molecule has 0 bridgehead atoms. The van der Waals surface area contributed by atoms with Gasteiger partial charge in [0.1, 0.15) is 18.4 Å². The number of hydrogen-bond donors (Lipinski definition) is 1. The number of carbonyl (C=O) groups is 2. The molecule has 0 heterocycles. The zero-order valence-electron chi connectivity index (χ0n) is 21.1. The van der Waals surface area contributed by atoms with Crippen molar-refractivity contribution in [3.8, 4) is 0 Å². The second kappa shape index (κ2) is 12.3. The Morgan fingerprint density at radius 2 is 1.64 bits per heavy atom. The normalized spacial score (nSPS) is 15.0. The Hall–Kier alpha value is -2.98. The number of hydrogen-bond acceptors (Lipinski definition) is 4. The minimum absolute atomic E-state index is 0.0788. The van der Waals surface area contributed by atoms with Crippen molar-refractivity contribution in [2.75, 3.05) is 31.5 Å². The standard InChI is InChI=1S/C26H35FN4O4S/c1-20(26(33)28-22-13-7-8-14-22)30(18-17-21-11-5-4-6-12-21)25(32)19-31(36(34,35)29(2)3)24-16-10-9-15-23(24)27/h4-6,9-12,15-16,20,22H,7-8,13-14,17-19H2,1-3H3,(H,28,33)/t20-/m0/s1. The summed E-state index contributed by atoms with van der Waals surface area (Å²) in [5.41, 5.74) is 0.746. The Balaban J connectivity index is 1.88. The molecule has 1 aliphatic rings. The van der Waals surface area contributed by atoms with Gasteiger partial charge in [0, 0.05) is 26.7 Å². The van der Waals surface area contributed by atoms with Crippen LogP contribution in [-0.4, -0.2) is 68.7 Å². The lowest BCUT2D eigenvalue weighted by molar-refractivity contribution is -0.139. The van der Waals surface area contributed by atoms with Gasteiger partial charge in [-0.3, -0.25) is 9.59 Å². The predicted octanol–water partition coefficient (Wildman–Crippen LogP) is 2.96. The van der Waals surface area contributed by atoms with Gasteiger partial charge < -0.3 is 10.2 Å². The van der Waals surface area contributed by atoms with Crippen LogP contribution in [0.4, 0.5) is 10.1 Å². The lowest BCUT2D eigenvalue weighted by Crippen LogP contribution is -2.54. The minimum Gasteiger partial charge on any atom is -0.352 e. The van der Waals surface area contributed by atoms with Gasteiger partial charge in [0.15, 0.2) is 0 Å². The summed E-state index contributed by atoms with van der Waals surface area (Å²) in [6.07, 6.45) is 4.39. The molecule has 0 spiro atoms. The van der Waals surface area contributed by atoms with Crippen LogP contribution in [0.1, 0.15) is 38.2 Å². The van der Waals surface area contributed by atoms with Crippen molar-refractivity contribution in [3.05, 3.63) is 66.0 Å². The molecule has 0 aromatic heterocycles. The number of halogens is 1. The Labute approximate surface area is 213 Å². The van der Waals surface area contributed by atoms with Crippen molar-refractivity contribution in [2.24, 2.45) is 0 Å². The Bertz CT molecular complexity index is 1140. The van der Waals surface area contributed by atoms with E-state index in [1.807, 2.05) is 30.3 Å². The van der Waals surface area contributed by atoms with E-state index in [9.17, 15) is 22.4 Å². The number of benzene rings is 2. The molecule has 1 N–H and O–H groups in total. The van der Waals surface area contributed by atoms with Gasteiger partial charge in [-0.05, 0) is 43.9 Å². The van der Waals surface area contributed by atoms with Crippen LogP contribution >= 0.6 is 0 Å². The van der Waals surface area contributed by atoms with Gasteiger partial charge in [0.2, 0.25) is 11.8 Å². The highest BCUT2D eigenvalue weighted by molar-refractivity contribution is 7.90. The fourth-order valence-electron chi connectivity index (χ4n) is 4.32. The van der Waals surface area contributed by atoms with Crippen LogP contribution in [0.5, 0.6) is 0 Å². The van der Waals surface area contributed by atoms with Crippen molar-refractivity contribution in [2.45, 2.75) is 51.1 Å². The van der Waals surface area contributed by atoms with Gasteiger partial charge in [-0.15, -0.1) is 0 Å². The molecular formula is C26H35FN4O4S. The summed E-state index contributed by atoms with van der Waals surface area (Å²) in [7, 11) is -1.56. The first kappa shape index (κ1) is 27.6. The van der Waals surface area contributed by atoms with Crippen molar-refractivity contribution >= 4 is 27.7 Å². The van der Waals surface area contributed by atoms with Gasteiger partial charge in [-0.2, -0.15) is 12.7 Å². The Kier molecular flexibility index (Phi) is 9.44. The Morgan fingerprint density at radius 3 is 2.25 bits per heavy atom. The van der Waals surface area contributed by atoms with E-state index in [0.29, 0.717) is 6.42 Å². The number of nitrogens with zero attached hydrogens (tertiary/aromatic N) is 3. The van der Waals surface area contributed by atoms with E-state index in [0.717, 1.165) is 45.9 Å². The zero-order chi connectivity index (χ0) is 26.3. The number of anilines is 1. The first-order chi connectivity index (χ1) is 17.1. The highest BCUT2D eigenvalue weighted by Crippen LogP contribution is 2.24. The maximum absolute atomic E-state index is 14.7. The van der Waals surface area contributed by atoms with Gasteiger partial charge in [-0.1, -0.05) is 55.3 Å². The number of rotatable bonds is 11. The maximum Gasteiger partial charge on any atom is 0.304 e. The maximum atomic E-state index is 14.7. The molecule has 196 valence electrons. The van der Waals surface area contributed by atoms with Crippen LogP contribution < -0.4 is 9.62 Å². The van der Waals surface area contributed by atoms with Crippen molar-refractivity contribution in [3.63, 3.8) is 0 Å². The molecule has 2 aromatic rings. The quantitative estimate of drug-likeness (QED) is 0.495. The van der Waals surface area contributed by atoms with E-state index in [1.54, 1.807) is 6.92 Å². The van der Waals surface area contributed by atoms with E-state index >= 15 is 0 Å². The number of carbonyl (C=O) groups excluding carboxylic acids is 2. The molecule has 1 fully saturated rings. The first-order valence-electron chi connectivity index (χ1n) is 12.2. The minimum atomic E-state index is -4.20. The smallest absolute Gasteiger partial charge is 0.304 e. The summed E-state index contributed by atoms with van der Waals surface area (Å²) < 4.78 is 42.5. The molecule has 2 aromatic carbocycles. The largest absolute Gasteiger partial charge is 0.352 e. The highest BCUT2D eigenvalue weighted by atomic mass is 32.2. The second-order valence-electron chi connectivity index (χ2n) is 9.24. The van der Waals surface area contributed by atoms with E-state index < -0.39 is 34.5 Å². The molecule has 1 atom stereocenters. The fraction of sp³-hybridized carbons (Fsp3) is 0.462. The number of nitrogens with one attached hydrogen (secondary N) is 1. The van der Waals surface area contributed by atoms with E-state index in [4.69, 9.17) is 0 Å². The van der Waals surface area contributed by atoms with E-state index in [-0.39, 0.29) is 24.2 Å². The topological polar surface area (TPSA) is 90.0 Å². The van der Waals surface area contributed by atoms with Crippen molar-refractivity contribution in [1.29, 1.82) is 0 Å². The average molecular weight is 519 g/mol. The van der Waals surface area contributed by atoms with Crippen molar-refractivity contribution in [1.82, 2.24) is 14.5 Å². The first-order valence-corrected chi connectivity index (χ1v) is 13.6. The molecule has 2 amide bonds. The highest BCUT2D eigenvalue weighted by Gasteiger charge is 2.34. The molecular weight excluding hydrogens is 483 g/mol. The molecule has 3 rings (SSSR count). The lowest BCUT2D eigenvalue weighted by Gasteiger charge is -2.33. The molecule has 1 saturated carbocycles. The molecule has 10 heteroatoms. The van der Waals surface area contributed by atoms with Crippen LogP contribution in [0.15, 0.2) is 54.6 Å². The third-order valence-corrected chi connectivity index (χ3v) is 8.30. The van der Waals surface area contributed by atoms with Crippen LogP contribution in [0.3, 0.4) is 0 Å². The monoisotopic (exact) mass is 518 g/mol. The summed E-state index contributed by atoms with van der Waals surface area (Å²) in [6.45, 7) is 1.20. The van der Waals surface area contributed by atoms with E-state index in [1.165, 1.54) is 37.2 Å². The Morgan fingerprint density at radius 1 is 1.03 bits per heavy atom. The third-order valence-electron chi connectivity index (χ3n) is 6.49. The number of amides is 2. The van der Waals surface area contributed by atoms with Crippen LogP contribution in [0.2, 0.25) is 0 Å². The SMILES string of the molecule is C[C@@H](C(=O)NC1CCCC1)N(CCc1ccccc1)C(=O)CN(c1ccccc1F)S(=O)(=O)N(C)C. The van der Waals surface area contributed by atoms with Crippen molar-refractivity contribution < 1.29 is 22.4 Å². The lowest BCUT2D eigenvalue weighted by atomic mass is 10.1. The van der Waals surface area contributed by atoms with Gasteiger partial charge in [-0.25, -0.2) is 8.70 Å². The van der Waals surface area contributed by atoms with Crippen LogP contribution in [0.25, 0.3) is 0 Å². The molecule has 36 heavy (non-hydrogen) atoms. The molecule has 0 unspecified atom stereocenters. The van der Waals surface area contributed by atoms with E-state index in [2.05, 4.69) is 5.32 Å². The van der Waals surface area contributed by atoms with Crippen LogP contribution in [0, 0.1) is 5.82 Å². The predicted molar refractivity (Wildman–Crippen MR) is 138 cm³/mol. The third kappa shape index (κ3) is 6.82. The second-order valence-corrected chi connectivity index (χ2v) is 11.3. The summed E-state index contributed by atoms with van der Waals surface area (Å²) in [4.78, 5) is 28.1. The summed E-state index contributed by atoms with van der Waals surface area (Å²) in [5, 5.41) is 3.02. The van der Waals surface area contributed by atoms with Gasteiger partial charge >= 0.3 is 10.2 Å². The zero-order valence-corrected chi connectivity index (χ0v) is 21.9. The van der Waals surface area contributed by atoms with Gasteiger partial charge in [0.25, 0.3) is 0 Å². The van der Waals surface area contributed by atoms with Gasteiger partial charge in [0.05, 0.1) is 5.69 Å². The molecule has 0 radical (unpaired) electrons. The number of para-hydroxylation sites is 1. The molecule has 0 aliphatic heterocycles. The average Bonchev–Trinajstić information content (AvgIpc) is 3.36. The summed E-state index contributed by atoms with van der Waals surface area (Å²) in [6, 6.07) is 14.2. The summed E-state index contributed by atoms with van der Waals surface area (Å²) >= 11 is 0. The molecule has 0 saturated heterocycles. The molecule has 1 aliphatic carbocycles. The fourth-order valence-corrected chi connectivity index (χ4v) is 5.38. The van der Waals surface area contributed by atoms with Crippen LogP contribution in [-0.2, 0) is 26.2 Å².